The van der Waals surface area contributed by atoms with Crippen molar-refractivity contribution in [2.45, 2.75) is 12.2 Å². The maximum absolute atomic E-state index is 4.47. The van der Waals surface area contributed by atoms with Gasteiger partial charge in [-0.1, -0.05) is 12.2 Å². The van der Waals surface area contributed by atoms with E-state index in [1.165, 1.54) is 0 Å². The first-order valence-corrected chi connectivity index (χ1v) is 2.39. The summed E-state index contributed by atoms with van der Waals surface area (Å²) >= 11 is 8.41. The van der Waals surface area contributed by atoms with Crippen molar-refractivity contribution < 1.29 is 0 Å². The zero-order chi connectivity index (χ0) is 4.28. The molecule has 0 aliphatic heterocycles. The highest BCUT2D eigenvalue weighted by Gasteiger charge is 1.76. The number of thiol groups is 1. The lowest BCUT2D eigenvalue weighted by atomic mass is 10.6. The molecule has 0 fully saturated rings. The van der Waals surface area contributed by atoms with Gasteiger partial charge < -0.3 is 0 Å². The van der Waals surface area contributed by atoms with Crippen molar-refractivity contribution >= 4 is 30.2 Å². The first-order chi connectivity index (χ1) is 2.27. The van der Waals surface area contributed by atoms with E-state index in [-0.39, 0.29) is 5.25 Å². The molecule has 0 amide bonds. The Morgan fingerprint density at radius 2 is 2.20 bits per heavy atom. The van der Waals surface area contributed by atoms with Gasteiger partial charge in [0.25, 0.3) is 0 Å². The third kappa shape index (κ3) is 4.44. The van der Waals surface area contributed by atoms with Gasteiger partial charge in [-0.05, 0) is 12.3 Å². The van der Waals surface area contributed by atoms with E-state index in [4.69, 9.17) is 0 Å². The minimum atomic E-state index is 0.269. The van der Waals surface area contributed by atoms with Crippen molar-refractivity contribution in [3.63, 3.8) is 0 Å². The van der Waals surface area contributed by atoms with Crippen LogP contribution in [0.25, 0.3) is 0 Å². The summed E-state index contributed by atoms with van der Waals surface area (Å²) in [6.45, 7) is 1.93. The Morgan fingerprint density at radius 1 is 2.00 bits per heavy atom. The second-order valence-electron chi connectivity index (χ2n) is 0.877. The molecule has 0 saturated heterocycles. The smallest absolute Gasteiger partial charge is 0.0272 e. The van der Waals surface area contributed by atoms with Crippen LogP contribution < -0.4 is 0 Å². The molecule has 0 aliphatic carbocycles. The van der Waals surface area contributed by atoms with Crippen molar-refractivity contribution in [1.29, 1.82) is 0 Å². The molecule has 0 bridgehead atoms. The number of rotatable bonds is 1. The van der Waals surface area contributed by atoms with Crippen LogP contribution in [0.4, 0.5) is 0 Å². The molecular weight excluding hydrogens is 100 g/mol. The summed E-state index contributed by atoms with van der Waals surface area (Å²) in [5.74, 6) is 0. The predicted molar refractivity (Wildman–Crippen MR) is 32.1 cm³/mol. The molecule has 0 radical (unpaired) electrons. The van der Waals surface area contributed by atoms with E-state index in [0.29, 0.717) is 0 Å². The summed E-state index contributed by atoms with van der Waals surface area (Å²) in [5.41, 5.74) is 0. The summed E-state index contributed by atoms with van der Waals surface area (Å²) in [6, 6.07) is 0. The maximum Gasteiger partial charge on any atom is 0.0272 e. The fourth-order valence-corrected chi connectivity index (χ4v) is 0. The minimum Gasteiger partial charge on any atom is -0.171 e. The molecule has 0 nitrogen and oxygen atoms in total. The van der Waals surface area contributed by atoms with Gasteiger partial charge in [-0.2, -0.15) is 12.6 Å². The quantitative estimate of drug-likeness (QED) is 0.388. The fourth-order valence-electron chi connectivity index (χ4n) is 0. The van der Waals surface area contributed by atoms with Crippen LogP contribution >= 0.6 is 24.8 Å². The molecule has 0 spiro atoms. The summed E-state index contributed by atoms with van der Waals surface area (Å²) < 4.78 is 0. The lowest BCUT2D eigenvalue weighted by molar-refractivity contribution is 1.39. The van der Waals surface area contributed by atoms with E-state index in [0.717, 1.165) is 0 Å². The zero-order valence-electron chi connectivity index (χ0n) is 3.01. The van der Waals surface area contributed by atoms with Gasteiger partial charge in [0.15, 0.2) is 0 Å². The number of hydrogen-bond acceptors (Lipinski definition) is 2. The summed E-state index contributed by atoms with van der Waals surface area (Å²) in [5, 5.41) is 1.88. The first kappa shape index (κ1) is 5.44. The zero-order valence-corrected chi connectivity index (χ0v) is 4.72. The molecule has 0 aromatic rings. The van der Waals surface area contributed by atoms with Crippen molar-refractivity contribution in [3.8, 4) is 0 Å². The molecule has 30 valence electrons. The second-order valence-corrected chi connectivity index (χ2v) is 1.96. The summed E-state index contributed by atoms with van der Waals surface area (Å²) in [4.78, 5) is 0. The highest BCUT2D eigenvalue weighted by molar-refractivity contribution is 7.85. The van der Waals surface area contributed by atoms with Gasteiger partial charge in [-0.25, -0.2) is 0 Å². The van der Waals surface area contributed by atoms with Gasteiger partial charge in [0, 0.05) is 5.25 Å². The monoisotopic (exact) mass is 106 g/mol. The largest absolute Gasteiger partial charge is 0.171 e. The maximum atomic E-state index is 4.47. The molecule has 0 aromatic carbocycles. The molecule has 0 rings (SSSR count). The third-order valence-electron chi connectivity index (χ3n) is 0.197. The van der Waals surface area contributed by atoms with E-state index in [9.17, 15) is 0 Å². The average molecular weight is 106 g/mol. The third-order valence-corrected chi connectivity index (χ3v) is 0.956. The Balaban J connectivity index is 2.83. The highest BCUT2D eigenvalue weighted by Crippen LogP contribution is 1.83. The van der Waals surface area contributed by atoms with E-state index in [1.807, 2.05) is 6.92 Å². The van der Waals surface area contributed by atoms with E-state index >= 15 is 0 Å². The van der Waals surface area contributed by atoms with Crippen LogP contribution in [-0.4, -0.2) is 10.6 Å². The van der Waals surface area contributed by atoms with E-state index in [2.05, 4.69) is 24.8 Å². The molecule has 1 unspecified atom stereocenters. The summed E-state index contributed by atoms with van der Waals surface area (Å²) in [6.07, 6.45) is 0. The molecule has 0 N–H and O–H groups in total. The Hall–Kier alpha value is 0.440. The molecular formula is C3H6S2. The fraction of sp³-hybridized carbons (Fsp3) is 0.667. The van der Waals surface area contributed by atoms with Crippen LogP contribution in [0.3, 0.4) is 0 Å². The minimum absolute atomic E-state index is 0.269. The number of hydrogen-bond donors (Lipinski definition) is 1. The second kappa shape index (κ2) is 2.67. The van der Waals surface area contributed by atoms with Gasteiger partial charge in [0.2, 0.25) is 0 Å². The Kier molecular flexibility index (Phi) is 2.90. The first-order valence-electron chi connectivity index (χ1n) is 1.40. The lowest BCUT2D eigenvalue weighted by Gasteiger charge is -1.81. The SMILES string of the molecule is CC(S)C=S. The standard InChI is InChI=1S/C3H6S2/c1-3(5)2-4/h2-3,5H,1H3. The Morgan fingerprint density at radius 3 is 2.20 bits per heavy atom. The predicted octanol–water partition coefficient (Wildman–Crippen LogP) is 1.30. The Labute approximate surface area is 43.0 Å². The average Bonchev–Trinajstić information content (AvgIpc) is 1.38. The van der Waals surface area contributed by atoms with Crippen molar-refractivity contribution in [2.75, 3.05) is 0 Å². The highest BCUT2D eigenvalue weighted by atomic mass is 32.1. The van der Waals surface area contributed by atoms with E-state index < -0.39 is 0 Å². The van der Waals surface area contributed by atoms with Crippen LogP contribution in [-0.2, 0) is 0 Å². The van der Waals surface area contributed by atoms with Gasteiger partial charge in [-0.3, -0.25) is 0 Å². The van der Waals surface area contributed by atoms with Gasteiger partial charge in [0.1, 0.15) is 0 Å². The topological polar surface area (TPSA) is 0 Å². The molecule has 0 saturated carbocycles. The molecule has 0 heterocycles. The molecule has 5 heavy (non-hydrogen) atoms. The van der Waals surface area contributed by atoms with Crippen LogP contribution in [0.1, 0.15) is 6.92 Å². The summed E-state index contributed by atoms with van der Waals surface area (Å²) in [7, 11) is 0. The van der Waals surface area contributed by atoms with Gasteiger partial charge in [-0.15, -0.1) is 0 Å². The van der Waals surface area contributed by atoms with Crippen molar-refractivity contribution in [1.82, 2.24) is 0 Å². The van der Waals surface area contributed by atoms with Crippen LogP contribution in [0.5, 0.6) is 0 Å². The molecule has 2 heteroatoms. The van der Waals surface area contributed by atoms with Crippen LogP contribution in [0.2, 0.25) is 0 Å². The Bertz CT molecular complexity index is 31.9. The van der Waals surface area contributed by atoms with Gasteiger partial charge >= 0.3 is 0 Å². The van der Waals surface area contributed by atoms with Crippen molar-refractivity contribution in [2.24, 2.45) is 0 Å². The molecule has 1 atom stereocenters. The van der Waals surface area contributed by atoms with E-state index in [1.54, 1.807) is 5.37 Å². The van der Waals surface area contributed by atoms with Gasteiger partial charge in [0.05, 0.1) is 0 Å². The van der Waals surface area contributed by atoms with Crippen LogP contribution in [0.15, 0.2) is 0 Å². The molecule has 0 aromatic heterocycles. The van der Waals surface area contributed by atoms with Crippen LogP contribution in [0, 0.1) is 0 Å². The number of thiocarbonyl (C=S) groups is 1. The normalized spacial score (nSPS) is 14.0. The molecule has 0 aliphatic rings. The van der Waals surface area contributed by atoms with Crippen molar-refractivity contribution in [3.05, 3.63) is 0 Å². The lowest BCUT2D eigenvalue weighted by Crippen LogP contribution is -1.84.